The molecule has 13 N–H and O–H groups in total. The zero-order chi connectivity index (χ0) is 54.7. The molecule has 4 unspecified atom stereocenters. The summed E-state index contributed by atoms with van der Waals surface area (Å²) >= 11 is 2.31. The van der Waals surface area contributed by atoms with Crippen LogP contribution in [0.15, 0.2) is 43.5 Å². The fourth-order valence-electron chi connectivity index (χ4n) is 9.03. The van der Waals surface area contributed by atoms with Gasteiger partial charge in [0.1, 0.15) is 73.2 Å². The van der Waals surface area contributed by atoms with Crippen molar-refractivity contribution < 1.29 is 83.8 Å². The largest absolute Gasteiger partial charge is 0.460 e. The molecule has 3 aliphatic heterocycles. The summed E-state index contributed by atoms with van der Waals surface area (Å²) in [5.41, 5.74) is 0.944. The number of carbonyl (C=O) groups is 5. The van der Waals surface area contributed by atoms with Crippen LogP contribution in [0, 0.1) is 11.8 Å². The van der Waals surface area contributed by atoms with E-state index in [0.717, 1.165) is 16.2 Å². The van der Waals surface area contributed by atoms with Crippen molar-refractivity contribution in [3.8, 4) is 5.75 Å². The molecule has 6 rings (SSSR count). The van der Waals surface area contributed by atoms with Crippen molar-refractivity contribution in [1.82, 2.24) is 40.4 Å². The summed E-state index contributed by atoms with van der Waals surface area (Å²) in [6, 6.07) is 2.88. The average Bonchev–Trinajstić information content (AvgIpc) is 4.00. The first-order valence-corrected chi connectivity index (χ1v) is 25.5. The molecule has 14 atom stereocenters. The number of aromatic nitrogens is 4. The lowest BCUT2D eigenvalue weighted by Crippen LogP contribution is -2.67. The van der Waals surface area contributed by atoms with Gasteiger partial charge in [-0.05, 0) is 36.5 Å². The van der Waals surface area contributed by atoms with Crippen LogP contribution in [-0.4, -0.2) is 211 Å². The van der Waals surface area contributed by atoms with E-state index in [1.54, 1.807) is 6.08 Å². The van der Waals surface area contributed by atoms with Gasteiger partial charge in [-0.3, -0.25) is 29.4 Å². The maximum Gasteiger partial charge on any atom is 0.409 e. The van der Waals surface area contributed by atoms with Gasteiger partial charge in [0.05, 0.1) is 43.7 Å². The standard InChI is InChI=1S/C47H67IN10O17/c1-5-7-12-47(48,23(3)6-2)25-16-33(64)58(44(25)70)14-11-30(61)49-13-10-31(62)54-26-15-24(8-9-27(26)74-45-40(69)38(67)36(65)29(19-60)75-45)20-72-46(71)57(4)17-32(63)55-34-28(18-59)73-43(39(68)37(34)66)56-42-35-41(51-21-50-35)52-22-53-42/h5,8-9,15,21-23,25,28-29,32,34,36-40,43,45,55,59-60,63,65-69H,1,6-7,10-14,16-20H2,2-4H3,(H,49,61)(H,54,62)(H2,50,51,52,53,56)/t23?,25?,28-,29+,32?,34-,36+,37+,38-,39-,40-,43-,45-,47?/m0/s1. The molecule has 1 aromatic carbocycles. The Bertz CT molecular complexity index is 2460. The third-order valence-electron chi connectivity index (χ3n) is 13.6. The van der Waals surface area contributed by atoms with Gasteiger partial charge < -0.3 is 85.6 Å². The predicted octanol–water partition coefficient (Wildman–Crippen LogP) is -1.68. The maximum atomic E-state index is 13.6. The highest BCUT2D eigenvalue weighted by Crippen LogP contribution is 2.47. The highest BCUT2D eigenvalue weighted by atomic mass is 127. The number of nitrogens with one attached hydrogen (secondary N) is 5. The van der Waals surface area contributed by atoms with Gasteiger partial charge in [-0.15, -0.1) is 6.58 Å². The van der Waals surface area contributed by atoms with Gasteiger partial charge in [-0.1, -0.05) is 55.0 Å². The Morgan fingerprint density at radius 2 is 1.76 bits per heavy atom. The molecule has 0 bridgehead atoms. The molecule has 3 aliphatic rings. The van der Waals surface area contributed by atoms with Gasteiger partial charge in [0, 0.05) is 42.8 Å². The zero-order valence-electron chi connectivity index (χ0n) is 41.5. The Labute approximate surface area is 444 Å². The number of carbonyl (C=O) groups excluding carboxylic acids is 5. The summed E-state index contributed by atoms with van der Waals surface area (Å²) in [5, 5.41) is 94.9. The van der Waals surface area contributed by atoms with Crippen LogP contribution >= 0.6 is 22.6 Å². The number of fused-ring (bicyclic) bond motifs is 1. The van der Waals surface area contributed by atoms with E-state index >= 15 is 0 Å². The van der Waals surface area contributed by atoms with E-state index in [1.807, 2.05) is 6.92 Å². The van der Waals surface area contributed by atoms with Crippen LogP contribution in [0.3, 0.4) is 0 Å². The van der Waals surface area contributed by atoms with Crippen LogP contribution in [-0.2, 0) is 40.0 Å². The lowest BCUT2D eigenvalue weighted by molar-refractivity contribution is -0.277. The van der Waals surface area contributed by atoms with Crippen LogP contribution in [0.4, 0.5) is 16.3 Å². The normalized spacial score (nSPS) is 27.5. The highest BCUT2D eigenvalue weighted by Gasteiger charge is 2.52. The number of imide groups is 1. The number of benzene rings is 1. The van der Waals surface area contributed by atoms with Crippen molar-refractivity contribution in [3.05, 3.63) is 49.1 Å². The van der Waals surface area contributed by atoms with E-state index in [-0.39, 0.29) is 72.9 Å². The summed E-state index contributed by atoms with van der Waals surface area (Å²) in [4.78, 5) is 83.2. The van der Waals surface area contributed by atoms with Crippen molar-refractivity contribution in [3.63, 3.8) is 0 Å². The fourth-order valence-corrected chi connectivity index (χ4v) is 10.3. The number of likely N-dealkylation sites (tertiary alicyclic amines) is 1. The van der Waals surface area contributed by atoms with E-state index in [9.17, 15) is 64.8 Å². The van der Waals surface area contributed by atoms with Crippen LogP contribution in [0.25, 0.3) is 11.2 Å². The predicted molar refractivity (Wildman–Crippen MR) is 271 cm³/mol. The van der Waals surface area contributed by atoms with Gasteiger partial charge in [-0.25, -0.2) is 19.7 Å². The second-order valence-electron chi connectivity index (χ2n) is 18.6. The third-order valence-corrected chi connectivity index (χ3v) is 15.9. The minimum atomic E-state index is -1.81. The molecule has 75 heavy (non-hydrogen) atoms. The summed E-state index contributed by atoms with van der Waals surface area (Å²) < 4.78 is 22.1. The Kier molecular flexibility index (Phi) is 21.0. The molecule has 0 saturated carbocycles. The highest BCUT2D eigenvalue weighted by molar-refractivity contribution is 14.1. The van der Waals surface area contributed by atoms with E-state index in [0.29, 0.717) is 24.0 Å². The number of H-pyrrole nitrogens is 1. The SMILES string of the molecule is C=CCCC(I)(C(C)CC)C1CC(=O)N(CCC(=O)NCCC(=O)Nc2cc(COC(=O)N(C)CC(O)N[C@@H]3[C@@H](O)[C@H](O)[C@@H](Nc4ncnc5nc[nH]c45)O[C@H]3CO)ccc2O[C@H]2O[C@H](CO)[C@@H](O)[C@H](O)[C@@H]2O)C1=O. The van der Waals surface area contributed by atoms with E-state index in [1.165, 1.54) is 37.9 Å². The summed E-state index contributed by atoms with van der Waals surface area (Å²) in [6.07, 6.45) is -10.3. The number of likely N-dealkylation sites (N-methyl/N-ethyl adjacent to an activating group) is 1. The molecule has 3 aromatic rings. The van der Waals surface area contributed by atoms with Crippen LogP contribution < -0.4 is 26.0 Å². The number of hydrogen-bond acceptors (Lipinski definition) is 22. The number of aliphatic hydroxyl groups is 8. The minimum Gasteiger partial charge on any atom is -0.460 e. The Morgan fingerprint density at radius 1 is 1.01 bits per heavy atom. The molecule has 5 heterocycles. The van der Waals surface area contributed by atoms with Crippen LogP contribution in [0.2, 0.25) is 0 Å². The van der Waals surface area contributed by atoms with Gasteiger partial charge >= 0.3 is 6.09 Å². The number of rotatable bonds is 25. The number of nitrogens with zero attached hydrogens (tertiary/aromatic N) is 5. The first-order chi connectivity index (χ1) is 35.7. The van der Waals surface area contributed by atoms with Crippen LogP contribution in [0.5, 0.6) is 5.75 Å². The number of ether oxygens (including phenoxy) is 4. The summed E-state index contributed by atoms with van der Waals surface area (Å²) in [5.74, 6) is -2.18. The number of hydrogen-bond donors (Lipinski definition) is 13. The molecule has 3 fully saturated rings. The fraction of sp³-hybridized carbons (Fsp3) is 0.617. The van der Waals surface area contributed by atoms with Gasteiger partial charge in [0.25, 0.3) is 0 Å². The van der Waals surface area contributed by atoms with Crippen molar-refractivity contribution in [2.75, 3.05) is 50.5 Å². The van der Waals surface area contributed by atoms with E-state index in [2.05, 4.69) is 77.3 Å². The molecular formula is C47H67IN10O17. The number of aromatic amines is 1. The molecule has 0 aliphatic carbocycles. The van der Waals surface area contributed by atoms with Gasteiger partial charge in [0.15, 0.2) is 17.7 Å². The lowest BCUT2D eigenvalue weighted by atomic mass is 9.77. The minimum absolute atomic E-state index is 0.0452. The second kappa shape index (κ2) is 26.7. The lowest BCUT2D eigenvalue weighted by Gasteiger charge is -2.43. The van der Waals surface area contributed by atoms with Crippen molar-refractivity contribution in [2.24, 2.45) is 11.8 Å². The Balaban J connectivity index is 1.03. The molecule has 28 heteroatoms. The Morgan fingerprint density at radius 3 is 2.47 bits per heavy atom. The van der Waals surface area contributed by atoms with Crippen molar-refractivity contribution in [1.29, 1.82) is 0 Å². The van der Waals surface area contributed by atoms with Crippen molar-refractivity contribution in [2.45, 2.75) is 130 Å². The van der Waals surface area contributed by atoms with Gasteiger partial charge in [0.2, 0.25) is 29.9 Å². The molecule has 0 radical (unpaired) electrons. The number of halogens is 1. The molecule has 0 spiro atoms. The maximum absolute atomic E-state index is 13.6. The quantitative estimate of drug-likeness (QED) is 0.0148. The zero-order valence-corrected chi connectivity index (χ0v) is 43.7. The number of imidazole rings is 1. The number of anilines is 2. The van der Waals surface area contributed by atoms with Crippen LogP contribution in [0.1, 0.15) is 57.9 Å². The van der Waals surface area contributed by atoms with E-state index < -0.39 is 121 Å². The molecular weight excluding hydrogens is 1100 g/mol. The number of allylic oxidation sites excluding steroid dienone is 1. The monoisotopic (exact) mass is 1170 g/mol. The molecule has 5 amide bonds. The number of alkyl halides is 1. The smallest absolute Gasteiger partial charge is 0.409 e. The second-order valence-corrected chi connectivity index (χ2v) is 20.6. The summed E-state index contributed by atoms with van der Waals surface area (Å²) in [7, 11) is 1.30. The third kappa shape index (κ3) is 14.2. The number of aliphatic hydroxyl groups excluding tert-OH is 8. The Hall–Kier alpha value is -5.25. The van der Waals surface area contributed by atoms with E-state index in [4.69, 9.17) is 18.9 Å². The molecule has 3 saturated heterocycles. The number of amides is 5. The topological polar surface area (TPSA) is 393 Å². The molecule has 414 valence electrons. The van der Waals surface area contributed by atoms with Crippen molar-refractivity contribution >= 4 is 75.0 Å². The average molecular weight is 1170 g/mol. The molecule has 27 nitrogen and oxygen atoms in total. The van der Waals surface area contributed by atoms with Gasteiger partial charge in [-0.2, -0.15) is 0 Å². The molecule has 2 aromatic heterocycles. The first kappa shape index (κ1) is 59.0. The first-order valence-electron chi connectivity index (χ1n) is 24.4. The summed E-state index contributed by atoms with van der Waals surface area (Å²) in [6.45, 7) is 5.35.